The quantitative estimate of drug-likeness (QED) is 0.742. The fourth-order valence-corrected chi connectivity index (χ4v) is 3.50. The van der Waals surface area contributed by atoms with Crippen LogP contribution >= 0.6 is 0 Å². The van der Waals surface area contributed by atoms with Gasteiger partial charge in [-0.3, -0.25) is 14.4 Å². The zero-order valence-electron chi connectivity index (χ0n) is 14.6. The van der Waals surface area contributed by atoms with Crippen LogP contribution in [-0.2, 0) is 25.7 Å². The summed E-state index contributed by atoms with van der Waals surface area (Å²) < 4.78 is 10.9. The molecular formula is C18H24N2O6. The largest absolute Gasteiger partial charge is 0.481 e. The lowest BCUT2D eigenvalue weighted by Gasteiger charge is -2.27. The second-order valence-electron chi connectivity index (χ2n) is 6.82. The van der Waals surface area contributed by atoms with Gasteiger partial charge in [-0.2, -0.15) is 0 Å². The van der Waals surface area contributed by atoms with E-state index in [1.165, 1.54) is 0 Å². The van der Waals surface area contributed by atoms with E-state index in [4.69, 9.17) is 14.3 Å². The van der Waals surface area contributed by atoms with Crippen molar-refractivity contribution in [1.82, 2.24) is 9.80 Å². The van der Waals surface area contributed by atoms with Gasteiger partial charge in [0, 0.05) is 32.7 Å². The lowest BCUT2D eigenvalue weighted by Crippen LogP contribution is -2.42. The summed E-state index contributed by atoms with van der Waals surface area (Å²) in [6.07, 6.45) is 3.34. The van der Waals surface area contributed by atoms with E-state index in [-0.39, 0.29) is 37.3 Å². The summed E-state index contributed by atoms with van der Waals surface area (Å²) in [5.41, 5.74) is 0. The van der Waals surface area contributed by atoms with Crippen LogP contribution < -0.4 is 0 Å². The van der Waals surface area contributed by atoms with Crippen LogP contribution in [0.2, 0.25) is 0 Å². The number of aliphatic carboxylic acids is 1. The first-order valence-corrected chi connectivity index (χ1v) is 8.95. The Hall–Kier alpha value is -2.35. The van der Waals surface area contributed by atoms with Crippen molar-refractivity contribution in [3.05, 3.63) is 24.2 Å². The summed E-state index contributed by atoms with van der Waals surface area (Å²) in [5, 5.41) is 8.96. The summed E-state index contributed by atoms with van der Waals surface area (Å²) in [5.74, 6) is -0.981. The molecule has 0 saturated carbocycles. The third kappa shape index (κ3) is 4.63. The standard InChI is InChI=1S/C18H24N2O6/c21-16-9-13(10-20(16)12-15-4-2-8-26-15)18(24)19(6-5-17(22)23)11-14-3-1-7-25-14/h2,4,8,13-14H,1,3,5-7,9-12H2,(H,22,23)/t13-,14-/m1/s1. The lowest BCUT2D eigenvalue weighted by molar-refractivity contribution is -0.141. The van der Waals surface area contributed by atoms with Crippen LogP contribution in [0.25, 0.3) is 0 Å². The lowest BCUT2D eigenvalue weighted by atomic mass is 10.1. The molecule has 3 heterocycles. The molecule has 1 aromatic rings. The van der Waals surface area contributed by atoms with Crippen LogP contribution in [0.5, 0.6) is 0 Å². The number of furan rings is 1. The smallest absolute Gasteiger partial charge is 0.305 e. The summed E-state index contributed by atoms with van der Waals surface area (Å²) >= 11 is 0. The molecule has 142 valence electrons. The molecule has 8 heteroatoms. The maximum atomic E-state index is 12.9. The second kappa shape index (κ2) is 8.35. The van der Waals surface area contributed by atoms with Gasteiger partial charge in [0.15, 0.2) is 0 Å². The highest BCUT2D eigenvalue weighted by Gasteiger charge is 2.37. The normalized spacial score (nSPS) is 22.8. The van der Waals surface area contributed by atoms with Crippen molar-refractivity contribution in [2.75, 3.05) is 26.2 Å². The number of carboxylic acids is 1. The molecule has 3 rings (SSSR count). The second-order valence-corrected chi connectivity index (χ2v) is 6.82. The predicted octanol–water partition coefficient (Wildman–Crippen LogP) is 1.11. The Bertz CT molecular complexity index is 638. The molecule has 2 amide bonds. The number of likely N-dealkylation sites (tertiary alicyclic amines) is 1. The number of ether oxygens (including phenoxy) is 1. The van der Waals surface area contributed by atoms with E-state index >= 15 is 0 Å². The van der Waals surface area contributed by atoms with Gasteiger partial charge in [-0.1, -0.05) is 0 Å². The van der Waals surface area contributed by atoms with Crippen molar-refractivity contribution in [1.29, 1.82) is 0 Å². The van der Waals surface area contributed by atoms with Gasteiger partial charge in [-0.15, -0.1) is 0 Å². The molecule has 0 aliphatic carbocycles. The zero-order chi connectivity index (χ0) is 18.5. The van der Waals surface area contributed by atoms with Gasteiger partial charge in [-0.25, -0.2) is 0 Å². The molecule has 1 N–H and O–H groups in total. The van der Waals surface area contributed by atoms with E-state index < -0.39 is 11.9 Å². The minimum Gasteiger partial charge on any atom is -0.481 e. The number of carboxylic acid groups (broad SMARTS) is 1. The van der Waals surface area contributed by atoms with Crippen LogP contribution in [0.1, 0.15) is 31.4 Å². The van der Waals surface area contributed by atoms with Gasteiger partial charge < -0.3 is 24.1 Å². The molecule has 2 aliphatic heterocycles. The fraction of sp³-hybridized carbons (Fsp3) is 0.611. The van der Waals surface area contributed by atoms with Crippen molar-refractivity contribution in [2.24, 2.45) is 5.92 Å². The van der Waals surface area contributed by atoms with E-state index in [1.54, 1.807) is 28.2 Å². The van der Waals surface area contributed by atoms with Gasteiger partial charge in [-0.05, 0) is 25.0 Å². The molecule has 26 heavy (non-hydrogen) atoms. The first kappa shape index (κ1) is 18.4. The SMILES string of the molecule is O=C(O)CCN(C[C@H]1CCCO1)C(=O)[C@@H]1CC(=O)N(Cc2ccco2)C1. The van der Waals surface area contributed by atoms with Crippen LogP contribution in [0.3, 0.4) is 0 Å². The topological polar surface area (TPSA) is 100 Å². The Kier molecular flexibility index (Phi) is 5.92. The van der Waals surface area contributed by atoms with E-state index in [2.05, 4.69) is 0 Å². The average molecular weight is 364 g/mol. The summed E-state index contributed by atoms with van der Waals surface area (Å²) in [6, 6.07) is 3.55. The van der Waals surface area contributed by atoms with Gasteiger partial charge in [0.05, 0.1) is 31.3 Å². The number of carbonyl (C=O) groups is 3. The highest BCUT2D eigenvalue weighted by Crippen LogP contribution is 2.23. The maximum Gasteiger partial charge on any atom is 0.305 e. The first-order chi connectivity index (χ1) is 12.5. The molecule has 0 bridgehead atoms. The van der Waals surface area contributed by atoms with Crippen molar-refractivity contribution in [3.63, 3.8) is 0 Å². The van der Waals surface area contributed by atoms with Crippen molar-refractivity contribution < 1.29 is 28.6 Å². The molecule has 1 aromatic heterocycles. The molecule has 0 spiro atoms. The van der Waals surface area contributed by atoms with Gasteiger partial charge in [0.1, 0.15) is 5.76 Å². The van der Waals surface area contributed by atoms with E-state index in [9.17, 15) is 14.4 Å². The number of hydrogen-bond acceptors (Lipinski definition) is 5. The summed E-state index contributed by atoms with van der Waals surface area (Å²) in [6.45, 7) is 1.86. The number of hydrogen-bond donors (Lipinski definition) is 1. The van der Waals surface area contributed by atoms with Crippen molar-refractivity contribution >= 4 is 17.8 Å². The van der Waals surface area contributed by atoms with E-state index in [0.29, 0.717) is 32.0 Å². The van der Waals surface area contributed by atoms with Crippen LogP contribution in [0, 0.1) is 5.92 Å². The maximum absolute atomic E-state index is 12.9. The highest BCUT2D eigenvalue weighted by atomic mass is 16.5. The van der Waals surface area contributed by atoms with Crippen molar-refractivity contribution in [3.8, 4) is 0 Å². The third-order valence-electron chi connectivity index (χ3n) is 4.85. The van der Waals surface area contributed by atoms with Gasteiger partial charge in [0.2, 0.25) is 11.8 Å². The van der Waals surface area contributed by atoms with Gasteiger partial charge in [0.25, 0.3) is 0 Å². The molecule has 0 aromatic carbocycles. The number of rotatable bonds is 8. The predicted molar refractivity (Wildman–Crippen MR) is 90.0 cm³/mol. The molecule has 0 unspecified atom stereocenters. The summed E-state index contributed by atoms with van der Waals surface area (Å²) in [7, 11) is 0. The molecule has 2 fully saturated rings. The molecule has 8 nitrogen and oxygen atoms in total. The zero-order valence-corrected chi connectivity index (χ0v) is 14.6. The van der Waals surface area contributed by atoms with Crippen molar-refractivity contribution in [2.45, 2.75) is 38.3 Å². The van der Waals surface area contributed by atoms with Crippen LogP contribution in [-0.4, -0.2) is 65.0 Å². The molecule has 2 saturated heterocycles. The third-order valence-corrected chi connectivity index (χ3v) is 4.85. The van der Waals surface area contributed by atoms with E-state index in [1.807, 2.05) is 0 Å². The number of nitrogens with zero attached hydrogens (tertiary/aromatic N) is 2. The molecule has 0 radical (unpaired) electrons. The molecular weight excluding hydrogens is 340 g/mol. The average Bonchev–Trinajstić information content (AvgIpc) is 3.35. The fourth-order valence-electron chi connectivity index (χ4n) is 3.50. The Morgan fingerprint density at radius 1 is 1.38 bits per heavy atom. The van der Waals surface area contributed by atoms with Crippen LogP contribution in [0.15, 0.2) is 22.8 Å². The monoisotopic (exact) mass is 364 g/mol. The molecule has 2 aliphatic rings. The highest BCUT2D eigenvalue weighted by molar-refractivity contribution is 5.89. The Morgan fingerprint density at radius 3 is 2.88 bits per heavy atom. The van der Waals surface area contributed by atoms with E-state index in [0.717, 1.165) is 12.8 Å². The Labute approximate surface area is 151 Å². The Balaban J connectivity index is 1.61. The van der Waals surface area contributed by atoms with Gasteiger partial charge >= 0.3 is 5.97 Å². The number of amides is 2. The summed E-state index contributed by atoms with van der Waals surface area (Å²) in [4.78, 5) is 39.3. The molecule has 2 atom stereocenters. The minimum absolute atomic E-state index is 0.0518. The van der Waals surface area contributed by atoms with Crippen LogP contribution in [0.4, 0.5) is 0 Å². The number of carbonyl (C=O) groups excluding carboxylic acids is 2. The minimum atomic E-state index is -0.947. The first-order valence-electron chi connectivity index (χ1n) is 8.95. The Morgan fingerprint density at radius 2 is 2.23 bits per heavy atom.